The molecule has 3 rings (SSSR count). The van der Waals surface area contributed by atoms with Crippen LogP contribution in [0, 0.1) is 0 Å². The maximum atomic E-state index is 12.2. The van der Waals surface area contributed by atoms with Crippen molar-refractivity contribution in [1.82, 2.24) is 4.90 Å². The summed E-state index contributed by atoms with van der Waals surface area (Å²) in [5.74, 6) is 0.227. The molecule has 1 aliphatic carbocycles. The molecule has 0 spiro atoms. The summed E-state index contributed by atoms with van der Waals surface area (Å²) < 4.78 is 12.0. The molecule has 5 heteroatoms. The Bertz CT molecular complexity index is 675. The van der Waals surface area contributed by atoms with Gasteiger partial charge in [0.1, 0.15) is 5.75 Å². The van der Waals surface area contributed by atoms with Gasteiger partial charge in [0, 0.05) is 24.1 Å². The Morgan fingerprint density at radius 3 is 2.29 bits per heavy atom. The number of benzene rings is 1. The zero-order chi connectivity index (χ0) is 17.4. The molecule has 2 amide bonds. The number of amides is 2. The molecule has 1 aromatic rings. The summed E-state index contributed by atoms with van der Waals surface area (Å²) in [7, 11) is 0. The second-order valence-electron chi connectivity index (χ2n) is 6.74. The third-order valence-corrected chi connectivity index (χ3v) is 4.18. The minimum Gasteiger partial charge on any atom is -0.491 e. The van der Waals surface area contributed by atoms with Gasteiger partial charge in [-0.25, -0.2) is 0 Å². The first-order valence-electron chi connectivity index (χ1n) is 8.37. The highest BCUT2D eigenvalue weighted by Crippen LogP contribution is 2.43. The zero-order valence-corrected chi connectivity index (χ0v) is 14.5. The Morgan fingerprint density at radius 1 is 1.04 bits per heavy atom. The maximum Gasteiger partial charge on any atom is 0.254 e. The van der Waals surface area contributed by atoms with Gasteiger partial charge in [0.15, 0.2) is 0 Å². The van der Waals surface area contributed by atoms with Crippen molar-refractivity contribution in [2.24, 2.45) is 0 Å². The van der Waals surface area contributed by atoms with Gasteiger partial charge < -0.3 is 9.47 Å². The van der Waals surface area contributed by atoms with Gasteiger partial charge in [0.25, 0.3) is 11.8 Å². The second-order valence-corrected chi connectivity index (χ2v) is 6.74. The summed E-state index contributed by atoms with van der Waals surface area (Å²) in [6.07, 6.45) is 3.06. The lowest BCUT2D eigenvalue weighted by Gasteiger charge is -2.29. The predicted octanol–water partition coefficient (Wildman–Crippen LogP) is 2.79. The Morgan fingerprint density at radius 2 is 1.71 bits per heavy atom. The Labute approximate surface area is 142 Å². The Hall–Kier alpha value is -2.14. The fourth-order valence-electron chi connectivity index (χ4n) is 3.42. The van der Waals surface area contributed by atoms with Crippen molar-refractivity contribution < 1.29 is 19.1 Å². The number of hydrogen-bond donors (Lipinski definition) is 0. The van der Waals surface area contributed by atoms with Crippen molar-refractivity contribution in [3.63, 3.8) is 0 Å². The van der Waals surface area contributed by atoms with Gasteiger partial charge in [-0.2, -0.15) is 0 Å². The molecule has 1 aliphatic heterocycles. The minimum atomic E-state index is -0.409. The molecule has 0 fully saturated rings. The Balaban J connectivity index is 2.02. The van der Waals surface area contributed by atoms with Crippen LogP contribution in [0.1, 0.15) is 44.9 Å². The third kappa shape index (κ3) is 2.96. The first kappa shape index (κ1) is 16.7. The normalized spacial score (nSPS) is 22.8. The van der Waals surface area contributed by atoms with E-state index in [0.29, 0.717) is 6.42 Å². The summed E-state index contributed by atoms with van der Waals surface area (Å²) in [4.78, 5) is 25.7. The number of rotatable bonds is 5. The van der Waals surface area contributed by atoms with Gasteiger partial charge >= 0.3 is 0 Å². The number of ether oxygens (including phenoxy) is 2. The van der Waals surface area contributed by atoms with Gasteiger partial charge in [-0.1, -0.05) is 12.1 Å². The average Bonchev–Trinajstić information content (AvgIpc) is 2.99. The van der Waals surface area contributed by atoms with E-state index in [4.69, 9.17) is 9.47 Å². The van der Waals surface area contributed by atoms with Crippen molar-refractivity contribution >= 4 is 11.8 Å². The van der Waals surface area contributed by atoms with Crippen LogP contribution in [0.4, 0.5) is 0 Å². The fourth-order valence-corrected chi connectivity index (χ4v) is 3.42. The van der Waals surface area contributed by atoms with Gasteiger partial charge in [-0.15, -0.1) is 0 Å². The van der Waals surface area contributed by atoms with E-state index in [-0.39, 0.29) is 30.1 Å². The quantitative estimate of drug-likeness (QED) is 0.780. The van der Waals surface area contributed by atoms with E-state index in [9.17, 15) is 9.59 Å². The molecule has 24 heavy (non-hydrogen) atoms. The number of fused-ring (bicyclic) bond motifs is 1. The zero-order valence-electron chi connectivity index (χ0n) is 14.5. The van der Waals surface area contributed by atoms with E-state index < -0.39 is 6.04 Å². The average molecular weight is 329 g/mol. The molecule has 0 unspecified atom stereocenters. The van der Waals surface area contributed by atoms with E-state index in [1.54, 1.807) is 0 Å². The molecule has 5 nitrogen and oxygen atoms in total. The molecule has 2 atom stereocenters. The lowest BCUT2D eigenvalue weighted by Crippen LogP contribution is -2.40. The van der Waals surface area contributed by atoms with E-state index >= 15 is 0 Å². The third-order valence-electron chi connectivity index (χ3n) is 4.18. The largest absolute Gasteiger partial charge is 0.491 e. The lowest BCUT2D eigenvalue weighted by atomic mass is 10.1. The highest BCUT2D eigenvalue weighted by molar-refractivity contribution is 6.13. The summed E-state index contributed by atoms with van der Waals surface area (Å²) in [5, 5.41) is 0. The predicted molar refractivity (Wildman–Crippen MR) is 89.7 cm³/mol. The number of carbonyl (C=O) groups excluding carboxylic acids is 2. The molecule has 0 bridgehead atoms. The monoisotopic (exact) mass is 329 g/mol. The molecular formula is C19H23NO4. The highest BCUT2D eigenvalue weighted by Gasteiger charge is 2.44. The lowest BCUT2D eigenvalue weighted by molar-refractivity contribution is -0.144. The molecule has 0 aromatic heterocycles. The fraction of sp³-hybridized carbons (Fsp3) is 0.474. The molecule has 1 aromatic carbocycles. The SMILES string of the molecule is CC(C)Oc1cccc2c1C[C@H](OC(C)C)[C@H]2N1C(=O)C=CC1=O. The van der Waals surface area contributed by atoms with Crippen LogP contribution < -0.4 is 4.74 Å². The van der Waals surface area contributed by atoms with E-state index in [1.807, 2.05) is 45.9 Å². The smallest absolute Gasteiger partial charge is 0.254 e. The van der Waals surface area contributed by atoms with Crippen molar-refractivity contribution in [3.8, 4) is 5.75 Å². The van der Waals surface area contributed by atoms with Crippen LogP contribution in [0.5, 0.6) is 5.75 Å². The van der Waals surface area contributed by atoms with Gasteiger partial charge in [0.05, 0.1) is 24.4 Å². The van der Waals surface area contributed by atoms with Gasteiger partial charge in [-0.05, 0) is 39.3 Å². The van der Waals surface area contributed by atoms with Crippen LogP contribution in [0.2, 0.25) is 0 Å². The van der Waals surface area contributed by atoms with E-state index in [0.717, 1.165) is 16.9 Å². The molecular weight excluding hydrogens is 306 g/mol. The second kappa shape index (κ2) is 6.40. The number of carbonyl (C=O) groups is 2. The first-order valence-corrected chi connectivity index (χ1v) is 8.37. The van der Waals surface area contributed by atoms with Crippen molar-refractivity contribution in [1.29, 1.82) is 0 Å². The summed E-state index contributed by atoms with van der Waals surface area (Å²) in [5.41, 5.74) is 1.96. The summed E-state index contributed by atoms with van der Waals surface area (Å²) in [6, 6.07) is 5.38. The molecule has 128 valence electrons. The highest BCUT2D eigenvalue weighted by atomic mass is 16.5. The van der Waals surface area contributed by atoms with Gasteiger partial charge in [0.2, 0.25) is 0 Å². The maximum absolute atomic E-state index is 12.2. The minimum absolute atomic E-state index is 0.00189. The Kier molecular flexibility index (Phi) is 4.45. The molecule has 1 heterocycles. The molecule has 0 N–H and O–H groups in total. The van der Waals surface area contributed by atoms with Crippen LogP contribution >= 0.6 is 0 Å². The van der Waals surface area contributed by atoms with Crippen molar-refractivity contribution in [3.05, 3.63) is 41.5 Å². The topological polar surface area (TPSA) is 55.8 Å². The van der Waals surface area contributed by atoms with Crippen LogP contribution in [-0.4, -0.2) is 35.0 Å². The van der Waals surface area contributed by atoms with E-state index in [1.165, 1.54) is 17.1 Å². The molecule has 0 saturated heterocycles. The van der Waals surface area contributed by atoms with Crippen molar-refractivity contribution in [2.75, 3.05) is 0 Å². The van der Waals surface area contributed by atoms with Crippen LogP contribution in [0.3, 0.4) is 0 Å². The first-order chi connectivity index (χ1) is 11.4. The number of nitrogens with zero attached hydrogens (tertiary/aromatic N) is 1. The molecule has 0 radical (unpaired) electrons. The van der Waals surface area contributed by atoms with Crippen LogP contribution in [0.25, 0.3) is 0 Å². The van der Waals surface area contributed by atoms with Crippen molar-refractivity contribution in [2.45, 2.75) is 58.5 Å². The van der Waals surface area contributed by atoms with Crippen LogP contribution in [0.15, 0.2) is 30.4 Å². The standard InChI is InChI=1S/C19H23NO4/c1-11(2)23-15-7-5-6-13-14(15)10-16(24-12(3)4)19(13)20-17(21)8-9-18(20)22/h5-9,11-12,16,19H,10H2,1-4H3/t16-,19-/m0/s1. The molecule has 0 saturated carbocycles. The van der Waals surface area contributed by atoms with Crippen LogP contribution in [-0.2, 0) is 20.7 Å². The number of imide groups is 1. The van der Waals surface area contributed by atoms with E-state index in [2.05, 4.69) is 0 Å². The number of hydrogen-bond acceptors (Lipinski definition) is 4. The molecule has 2 aliphatic rings. The summed E-state index contributed by atoms with van der Waals surface area (Å²) >= 11 is 0. The van der Waals surface area contributed by atoms with Gasteiger partial charge in [-0.3, -0.25) is 14.5 Å². The summed E-state index contributed by atoms with van der Waals surface area (Å²) in [6.45, 7) is 7.87.